The van der Waals surface area contributed by atoms with Crippen molar-refractivity contribution in [2.75, 3.05) is 32.8 Å². The Hall–Kier alpha value is -3.26. The molecule has 2 aromatic rings. The number of anilines is 1. The van der Waals surface area contributed by atoms with E-state index in [1.165, 1.54) is 27.5 Å². The molecule has 1 saturated heterocycles. The highest BCUT2D eigenvalue weighted by Gasteiger charge is 2.35. The van der Waals surface area contributed by atoms with E-state index in [1.807, 2.05) is 0 Å². The summed E-state index contributed by atoms with van der Waals surface area (Å²) >= 11 is 5.89. The molecule has 30 heavy (non-hydrogen) atoms. The molecule has 0 saturated carbocycles. The SMILES string of the molecule is COc1cc(C=NNC(=O)C2CC(=O)N(c3ccc(Cl)cc3)C2)cc(OC)c1OC. The molecule has 0 aromatic heterocycles. The number of hydrogen-bond donors (Lipinski definition) is 1. The minimum absolute atomic E-state index is 0.119. The van der Waals surface area contributed by atoms with E-state index >= 15 is 0 Å². The van der Waals surface area contributed by atoms with Gasteiger partial charge in [-0.1, -0.05) is 11.6 Å². The van der Waals surface area contributed by atoms with Crippen molar-refractivity contribution in [2.45, 2.75) is 6.42 Å². The molecule has 0 spiro atoms. The van der Waals surface area contributed by atoms with Crippen LogP contribution < -0.4 is 24.5 Å². The lowest BCUT2D eigenvalue weighted by molar-refractivity contribution is -0.126. The van der Waals surface area contributed by atoms with E-state index in [2.05, 4.69) is 10.5 Å². The number of nitrogens with zero attached hydrogens (tertiary/aromatic N) is 2. The molecule has 2 aromatic carbocycles. The van der Waals surface area contributed by atoms with E-state index < -0.39 is 5.92 Å². The summed E-state index contributed by atoms with van der Waals surface area (Å²) < 4.78 is 15.9. The van der Waals surface area contributed by atoms with Crippen LogP contribution >= 0.6 is 11.6 Å². The molecule has 1 unspecified atom stereocenters. The summed E-state index contributed by atoms with van der Waals surface area (Å²) in [7, 11) is 4.55. The molecule has 1 atom stereocenters. The topological polar surface area (TPSA) is 89.5 Å². The third-order valence-corrected chi connectivity index (χ3v) is 4.96. The van der Waals surface area contributed by atoms with Gasteiger partial charge in [0.15, 0.2) is 11.5 Å². The lowest BCUT2D eigenvalue weighted by Crippen LogP contribution is -2.30. The zero-order valence-electron chi connectivity index (χ0n) is 16.8. The Balaban J connectivity index is 1.65. The zero-order chi connectivity index (χ0) is 21.7. The van der Waals surface area contributed by atoms with E-state index in [9.17, 15) is 9.59 Å². The fourth-order valence-electron chi connectivity index (χ4n) is 3.19. The highest BCUT2D eigenvalue weighted by Crippen LogP contribution is 2.37. The van der Waals surface area contributed by atoms with Crippen LogP contribution in [0.4, 0.5) is 5.69 Å². The van der Waals surface area contributed by atoms with Gasteiger partial charge < -0.3 is 19.1 Å². The number of halogens is 1. The lowest BCUT2D eigenvalue weighted by atomic mass is 10.1. The van der Waals surface area contributed by atoms with Crippen molar-refractivity contribution in [2.24, 2.45) is 11.0 Å². The standard InChI is InChI=1S/C21H22ClN3O5/c1-28-17-8-13(9-18(29-2)20(17)30-3)11-23-24-21(27)14-10-19(26)25(12-14)16-6-4-15(22)5-7-16/h4-9,11,14H,10,12H2,1-3H3,(H,24,27). The largest absolute Gasteiger partial charge is 0.493 e. The van der Waals surface area contributed by atoms with Crippen LogP contribution in [0.15, 0.2) is 41.5 Å². The quantitative estimate of drug-likeness (QED) is 0.538. The number of nitrogens with one attached hydrogen (secondary N) is 1. The van der Waals surface area contributed by atoms with Gasteiger partial charge in [-0.15, -0.1) is 0 Å². The second-order valence-electron chi connectivity index (χ2n) is 6.57. The van der Waals surface area contributed by atoms with Gasteiger partial charge >= 0.3 is 0 Å². The van der Waals surface area contributed by atoms with E-state index in [1.54, 1.807) is 41.3 Å². The fourth-order valence-corrected chi connectivity index (χ4v) is 3.32. The number of hydrogen-bond acceptors (Lipinski definition) is 6. The molecule has 0 bridgehead atoms. The van der Waals surface area contributed by atoms with Crippen molar-refractivity contribution in [1.82, 2.24) is 5.43 Å². The first-order valence-corrected chi connectivity index (χ1v) is 9.53. The van der Waals surface area contributed by atoms with Gasteiger partial charge in [0, 0.05) is 29.2 Å². The van der Waals surface area contributed by atoms with Gasteiger partial charge in [-0.3, -0.25) is 9.59 Å². The van der Waals surface area contributed by atoms with Gasteiger partial charge in [0.2, 0.25) is 17.6 Å². The third-order valence-electron chi connectivity index (χ3n) is 4.71. The number of hydrazone groups is 1. The maximum Gasteiger partial charge on any atom is 0.245 e. The summed E-state index contributed by atoms with van der Waals surface area (Å²) in [5, 5.41) is 4.59. The van der Waals surface area contributed by atoms with Crippen LogP contribution in [0.2, 0.25) is 5.02 Å². The average Bonchev–Trinajstić information content (AvgIpc) is 3.15. The minimum atomic E-state index is -0.495. The molecular weight excluding hydrogens is 410 g/mol. The molecule has 2 amide bonds. The summed E-state index contributed by atoms with van der Waals surface area (Å²) in [5.74, 6) is 0.474. The van der Waals surface area contributed by atoms with E-state index in [0.29, 0.717) is 33.5 Å². The van der Waals surface area contributed by atoms with Crippen molar-refractivity contribution in [1.29, 1.82) is 0 Å². The molecule has 1 fully saturated rings. The van der Waals surface area contributed by atoms with E-state index in [4.69, 9.17) is 25.8 Å². The number of ether oxygens (including phenoxy) is 3. The number of benzene rings is 2. The Morgan fingerprint density at radius 3 is 2.33 bits per heavy atom. The first-order chi connectivity index (χ1) is 14.5. The van der Waals surface area contributed by atoms with Gasteiger partial charge in [-0.25, -0.2) is 5.43 Å². The second-order valence-corrected chi connectivity index (χ2v) is 7.01. The van der Waals surface area contributed by atoms with Crippen LogP contribution in [0.25, 0.3) is 0 Å². The molecule has 1 aliphatic rings. The summed E-state index contributed by atoms with van der Waals surface area (Å²) in [6.45, 7) is 0.284. The molecule has 0 aliphatic carbocycles. The molecule has 9 heteroatoms. The maximum atomic E-state index is 12.5. The van der Waals surface area contributed by atoms with Crippen molar-refractivity contribution >= 4 is 35.3 Å². The van der Waals surface area contributed by atoms with Crippen LogP contribution in [-0.4, -0.2) is 45.9 Å². The lowest BCUT2D eigenvalue weighted by Gasteiger charge is -2.16. The van der Waals surface area contributed by atoms with Gasteiger partial charge in [0.05, 0.1) is 33.5 Å². The molecule has 1 aliphatic heterocycles. The Morgan fingerprint density at radius 2 is 1.77 bits per heavy atom. The molecule has 0 radical (unpaired) electrons. The van der Waals surface area contributed by atoms with Gasteiger partial charge in [0.1, 0.15) is 0 Å². The van der Waals surface area contributed by atoms with Gasteiger partial charge in [-0.2, -0.15) is 5.10 Å². The maximum absolute atomic E-state index is 12.5. The number of rotatable bonds is 7. The first-order valence-electron chi connectivity index (χ1n) is 9.15. The van der Waals surface area contributed by atoms with Crippen molar-refractivity contribution < 1.29 is 23.8 Å². The van der Waals surface area contributed by atoms with Crippen LogP contribution in [0, 0.1) is 5.92 Å². The summed E-state index contributed by atoms with van der Waals surface area (Å²) in [4.78, 5) is 26.3. The second kappa shape index (κ2) is 9.49. The van der Waals surface area contributed by atoms with Crippen LogP contribution in [0.1, 0.15) is 12.0 Å². The highest BCUT2D eigenvalue weighted by molar-refractivity contribution is 6.30. The molecule has 3 rings (SSSR count). The Kier molecular flexibility index (Phi) is 6.79. The minimum Gasteiger partial charge on any atom is -0.493 e. The van der Waals surface area contributed by atoms with Crippen LogP contribution in [-0.2, 0) is 9.59 Å². The predicted molar refractivity (Wildman–Crippen MR) is 114 cm³/mol. The van der Waals surface area contributed by atoms with Gasteiger partial charge in [-0.05, 0) is 36.4 Å². The van der Waals surface area contributed by atoms with Crippen molar-refractivity contribution in [3.05, 3.63) is 47.0 Å². The zero-order valence-corrected chi connectivity index (χ0v) is 17.6. The van der Waals surface area contributed by atoms with Gasteiger partial charge in [0.25, 0.3) is 0 Å². The molecule has 1 heterocycles. The number of amides is 2. The molecular formula is C21H22ClN3O5. The Morgan fingerprint density at radius 1 is 1.13 bits per heavy atom. The smallest absolute Gasteiger partial charge is 0.245 e. The van der Waals surface area contributed by atoms with Crippen LogP contribution in [0.3, 0.4) is 0 Å². The van der Waals surface area contributed by atoms with Crippen molar-refractivity contribution in [3.63, 3.8) is 0 Å². The molecule has 1 N–H and O–H groups in total. The number of carbonyl (C=O) groups is 2. The number of methoxy groups -OCH3 is 3. The predicted octanol–water partition coefficient (Wildman–Crippen LogP) is 2.87. The average molecular weight is 432 g/mol. The first kappa shape index (κ1) is 21.4. The highest BCUT2D eigenvalue weighted by atomic mass is 35.5. The summed E-state index contributed by atoms with van der Waals surface area (Å²) in [5.41, 5.74) is 3.85. The summed E-state index contributed by atoms with van der Waals surface area (Å²) in [6, 6.07) is 10.3. The molecule has 8 nitrogen and oxygen atoms in total. The molecule has 158 valence electrons. The fraction of sp³-hybridized carbons (Fsp3) is 0.286. The third kappa shape index (κ3) is 4.65. The normalized spacial score (nSPS) is 16.1. The van der Waals surface area contributed by atoms with E-state index in [0.717, 1.165) is 0 Å². The monoisotopic (exact) mass is 431 g/mol. The van der Waals surface area contributed by atoms with E-state index in [-0.39, 0.29) is 24.8 Å². The van der Waals surface area contributed by atoms with Crippen LogP contribution in [0.5, 0.6) is 17.2 Å². The number of carbonyl (C=O) groups excluding carboxylic acids is 2. The Labute approximate surface area is 179 Å². The summed E-state index contributed by atoms with van der Waals surface area (Å²) in [6.07, 6.45) is 1.59. The Bertz CT molecular complexity index is 937. The van der Waals surface area contributed by atoms with Crippen molar-refractivity contribution in [3.8, 4) is 17.2 Å².